The standard InChI is InChI=1S/C26H47NO6/c1-5-6-7-8-9-10-11-12-13-14-15-16-17-27(18-21(2)24(28)29,19-22(3)25(30)31)20-23(4)26(32)33/h8-9,21-23H,5-7,10-20H2,1-4H3,(H2-,28,29,30,31,32,33)/p+1/b9-8+. The molecule has 0 rings (SSSR count). The second kappa shape index (κ2) is 17.6. The minimum atomic E-state index is -0.938. The number of unbranched alkanes of at least 4 members (excludes halogenated alkanes) is 8. The monoisotopic (exact) mass is 470 g/mol. The Hall–Kier alpha value is -1.89. The van der Waals surface area contributed by atoms with Crippen LogP contribution < -0.4 is 0 Å². The van der Waals surface area contributed by atoms with E-state index in [2.05, 4.69) is 19.1 Å². The number of carboxylic acid groups (broad SMARTS) is 3. The van der Waals surface area contributed by atoms with Gasteiger partial charge in [-0.05, 0) is 52.9 Å². The van der Waals surface area contributed by atoms with Crippen LogP contribution >= 0.6 is 0 Å². The molecule has 0 spiro atoms. The Morgan fingerprint density at radius 2 is 1.00 bits per heavy atom. The fourth-order valence-electron chi connectivity index (χ4n) is 4.45. The van der Waals surface area contributed by atoms with Crippen molar-refractivity contribution in [1.82, 2.24) is 0 Å². The van der Waals surface area contributed by atoms with Gasteiger partial charge in [0.25, 0.3) is 0 Å². The maximum absolute atomic E-state index is 11.5. The minimum Gasteiger partial charge on any atom is -0.481 e. The molecule has 0 amide bonds. The van der Waals surface area contributed by atoms with Crippen molar-refractivity contribution in [2.75, 3.05) is 26.2 Å². The molecule has 0 aromatic carbocycles. The summed E-state index contributed by atoms with van der Waals surface area (Å²) in [5.74, 6) is -4.82. The third-order valence-electron chi connectivity index (χ3n) is 6.39. The number of quaternary nitrogens is 1. The molecule has 0 bridgehead atoms. The zero-order valence-corrected chi connectivity index (χ0v) is 21.3. The van der Waals surface area contributed by atoms with E-state index in [-0.39, 0.29) is 24.1 Å². The van der Waals surface area contributed by atoms with Gasteiger partial charge in [-0.1, -0.05) is 51.2 Å². The summed E-state index contributed by atoms with van der Waals surface area (Å²) < 4.78 is 0.219. The van der Waals surface area contributed by atoms with Crippen molar-refractivity contribution in [2.24, 2.45) is 17.8 Å². The Labute approximate surface area is 200 Å². The average molecular weight is 471 g/mol. The van der Waals surface area contributed by atoms with Crippen LogP contribution in [-0.2, 0) is 14.4 Å². The smallest absolute Gasteiger partial charge is 0.311 e. The number of carboxylic acids is 3. The van der Waals surface area contributed by atoms with Gasteiger partial charge in [0.1, 0.15) is 17.8 Å². The van der Waals surface area contributed by atoms with Crippen LogP contribution in [0.2, 0.25) is 0 Å². The molecule has 7 heteroatoms. The number of allylic oxidation sites excluding steroid dienone is 2. The number of nitrogens with zero attached hydrogens (tertiary/aromatic N) is 1. The third-order valence-corrected chi connectivity index (χ3v) is 6.39. The maximum atomic E-state index is 11.5. The van der Waals surface area contributed by atoms with Gasteiger partial charge in [-0.15, -0.1) is 0 Å². The van der Waals surface area contributed by atoms with E-state index in [0.29, 0.717) is 6.54 Å². The molecule has 0 saturated heterocycles. The van der Waals surface area contributed by atoms with Crippen molar-refractivity contribution in [1.29, 1.82) is 0 Å². The molecular formula is C26H48NO6+. The zero-order chi connectivity index (χ0) is 25.3. The van der Waals surface area contributed by atoms with Crippen LogP contribution in [0.3, 0.4) is 0 Å². The quantitative estimate of drug-likeness (QED) is 0.117. The van der Waals surface area contributed by atoms with Crippen LogP contribution in [0, 0.1) is 17.8 Å². The highest BCUT2D eigenvalue weighted by Gasteiger charge is 2.38. The molecule has 3 atom stereocenters. The normalized spacial score (nSPS) is 16.2. The highest BCUT2D eigenvalue weighted by atomic mass is 16.4. The first-order valence-corrected chi connectivity index (χ1v) is 12.7. The summed E-state index contributed by atoms with van der Waals surface area (Å²) >= 11 is 0. The molecule has 3 N–H and O–H groups in total. The highest BCUT2D eigenvalue weighted by Crippen LogP contribution is 2.22. The number of hydrogen-bond acceptors (Lipinski definition) is 3. The number of aliphatic carboxylic acids is 3. The highest BCUT2D eigenvalue weighted by molar-refractivity contribution is 5.70. The predicted octanol–water partition coefficient (Wildman–Crippen LogP) is 5.44. The Morgan fingerprint density at radius 1 is 0.636 bits per heavy atom. The average Bonchev–Trinajstić information content (AvgIpc) is 2.74. The Morgan fingerprint density at radius 3 is 1.39 bits per heavy atom. The van der Waals surface area contributed by atoms with Crippen molar-refractivity contribution in [3.8, 4) is 0 Å². The van der Waals surface area contributed by atoms with Gasteiger partial charge in [0, 0.05) is 0 Å². The lowest BCUT2D eigenvalue weighted by atomic mass is 10.0. The van der Waals surface area contributed by atoms with E-state index in [1.54, 1.807) is 20.8 Å². The number of rotatable bonds is 21. The molecule has 0 radical (unpaired) electrons. The van der Waals surface area contributed by atoms with Crippen molar-refractivity contribution in [2.45, 2.75) is 91.9 Å². The summed E-state index contributed by atoms with van der Waals surface area (Å²) in [5.41, 5.74) is 0. The molecule has 0 aromatic rings. The first-order chi connectivity index (χ1) is 15.5. The molecule has 0 aliphatic rings. The van der Waals surface area contributed by atoms with E-state index < -0.39 is 35.7 Å². The van der Waals surface area contributed by atoms with Crippen LogP contribution in [-0.4, -0.2) is 63.9 Å². The van der Waals surface area contributed by atoms with Gasteiger partial charge in [-0.25, -0.2) is 0 Å². The van der Waals surface area contributed by atoms with Gasteiger partial charge in [-0.3, -0.25) is 14.4 Å². The zero-order valence-electron chi connectivity index (χ0n) is 21.3. The summed E-state index contributed by atoms with van der Waals surface area (Å²) in [6.07, 6.45) is 15.7. The second-order valence-corrected chi connectivity index (χ2v) is 9.85. The molecule has 3 unspecified atom stereocenters. The van der Waals surface area contributed by atoms with E-state index in [0.717, 1.165) is 38.5 Å². The number of carbonyl (C=O) groups is 3. The fourth-order valence-corrected chi connectivity index (χ4v) is 4.45. The molecule has 7 nitrogen and oxygen atoms in total. The van der Waals surface area contributed by atoms with Gasteiger partial charge in [0.15, 0.2) is 0 Å². The second-order valence-electron chi connectivity index (χ2n) is 9.85. The van der Waals surface area contributed by atoms with Gasteiger partial charge in [0.2, 0.25) is 0 Å². The molecule has 0 fully saturated rings. The van der Waals surface area contributed by atoms with Gasteiger partial charge >= 0.3 is 17.9 Å². The third kappa shape index (κ3) is 14.8. The summed E-state index contributed by atoms with van der Waals surface area (Å²) in [7, 11) is 0. The Balaban J connectivity index is 4.85. The molecule has 33 heavy (non-hydrogen) atoms. The SMILES string of the molecule is CCCC/C=C/CCCCCCCC[N+](CC(C)C(=O)O)(CC(C)C(=O)O)CC(C)C(=O)O. The van der Waals surface area contributed by atoms with Gasteiger partial charge < -0.3 is 19.8 Å². The minimum absolute atomic E-state index is 0.219. The fraction of sp³-hybridized carbons (Fsp3) is 0.808. The van der Waals surface area contributed by atoms with Crippen molar-refractivity contribution >= 4 is 17.9 Å². The lowest BCUT2D eigenvalue weighted by Gasteiger charge is -2.42. The topological polar surface area (TPSA) is 112 Å². The molecule has 0 saturated carbocycles. The van der Waals surface area contributed by atoms with Crippen LogP contribution in [0.25, 0.3) is 0 Å². The van der Waals surface area contributed by atoms with Crippen LogP contribution in [0.5, 0.6) is 0 Å². The summed E-state index contributed by atoms with van der Waals surface area (Å²) in [6.45, 7) is 8.38. The van der Waals surface area contributed by atoms with Crippen molar-refractivity contribution in [3.63, 3.8) is 0 Å². The predicted molar refractivity (Wildman–Crippen MR) is 131 cm³/mol. The molecule has 0 aliphatic heterocycles. The first kappa shape index (κ1) is 31.1. The van der Waals surface area contributed by atoms with E-state index in [9.17, 15) is 29.7 Å². The van der Waals surface area contributed by atoms with Gasteiger partial charge in [-0.2, -0.15) is 0 Å². The number of hydrogen-bond donors (Lipinski definition) is 3. The Bertz CT molecular complexity index is 549. The summed E-state index contributed by atoms with van der Waals surface area (Å²) in [6, 6.07) is 0. The van der Waals surface area contributed by atoms with E-state index in [4.69, 9.17) is 0 Å². The lowest BCUT2D eigenvalue weighted by Crippen LogP contribution is -2.57. The first-order valence-electron chi connectivity index (χ1n) is 12.7. The van der Waals surface area contributed by atoms with Crippen LogP contribution in [0.15, 0.2) is 12.2 Å². The van der Waals surface area contributed by atoms with E-state index in [1.165, 1.54) is 25.7 Å². The Kier molecular flexibility index (Phi) is 16.6. The van der Waals surface area contributed by atoms with Crippen molar-refractivity contribution < 1.29 is 34.2 Å². The van der Waals surface area contributed by atoms with E-state index >= 15 is 0 Å². The molecule has 192 valence electrons. The molecule has 0 aliphatic carbocycles. The van der Waals surface area contributed by atoms with Crippen LogP contribution in [0.1, 0.15) is 91.9 Å². The molecule has 0 aromatic heterocycles. The summed E-state index contributed by atoms with van der Waals surface area (Å²) in [4.78, 5) is 34.6. The van der Waals surface area contributed by atoms with Crippen molar-refractivity contribution in [3.05, 3.63) is 12.2 Å². The summed E-state index contributed by atoms with van der Waals surface area (Å²) in [5, 5.41) is 28.4. The van der Waals surface area contributed by atoms with Crippen LogP contribution in [0.4, 0.5) is 0 Å². The molecular weight excluding hydrogens is 422 g/mol. The van der Waals surface area contributed by atoms with Gasteiger partial charge in [0.05, 0.1) is 26.2 Å². The van der Waals surface area contributed by atoms with E-state index in [1.807, 2.05) is 0 Å². The molecule has 0 heterocycles. The largest absolute Gasteiger partial charge is 0.481 e. The maximum Gasteiger partial charge on any atom is 0.311 e. The lowest BCUT2D eigenvalue weighted by molar-refractivity contribution is -0.934.